The van der Waals surface area contributed by atoms with E-state index in [0.717, 1.165) is 24.5 Å². The molecule has 21 heavy (non-hydrogen) atoms. The van der Waals surface area contributed by atoms with Crippen LogP contribution in [0.5, 0.6) is 0 Å². The zero-order valence-electron chi connectivity index (χ0n) is 11.9. The highest BCUT2D eigenvalue weighted by molar-refractivity contribution is 5.96. The summed E-state index contributed by atoms with van der Waals surface area (Å²) in [6.07, 6.45) is 1.32. The first-order valence-corrected chi connectivity index (χ1v) is 7.35. The predicted octanol–water partition coefficient (Wildman–Crippen LogP) is 0.861. The van der Waals surface area contributed by atoms with E-state index in [4.69, 9.17) is 5.73 Å². The van der Waals surface area contributed by atoms with Gasteiger partial charge in [0.1, 0.15) is 0 Å². The number of anilines is 2. The van der Waals surface area contributed by atoms with Crippen molar-refractivity contribution in [2.45, 2.75) is 12.8 Å². The Balaban J connectivity index is 1.70. The van der Waals surface area contributed by atoms with Crippen molar-refractivity contribution in [3.63, 3.8) is 0 Å². The molecular formula is C15H20N4O2. The van der Waals surface area contributed by atoms with Crippen molar-refractivity contribution >= 4 is 23.2 Å². The molecule has 2 heterocycles. The van der Waals surface area contributed by atoms with Crippen LogP contribution in [0, 0.1) is 5.92 Å². The normalized spacial score (nSPS) is 18.4. The first kappa shape index (κ1) is 13.7. The van der Waals surface area contributed by atoms with Crippen LogP contribution >= 0.6 is 0 Å². The van der Waals surface area contributed by atoms with E-state index in [1.165, 1.54) is 0 Å². The van der Waals surface area contributed by atoms with Gasteiger partial charge in [-0.25, -0.2) is 0 Å². The lowest BCUT2D eigenvalue weighted by Crippen LogP contribution is -2.41. The summed E-state index contributed by atoms with van der Waals surface area (Å²) in [5.74, 6) is -0.331. The number of amides is 2. The van der Waals surface area contributed by atoms with Crippen LogP contribution in [0.25, 0.3) is 0 Å². The average Bonchev–Trinajstić information content (AvgIpc) is 2.54. The molecule has 0 aliphatic carbocycles. The van der Waals surface area contributed by atoms with Crippen LogP contribution in [0.3, 0.4) is 0 Å². The number of likely N-dealkylation sites (tertiary alicyclic amines) is 1. The van der Waals surface area contributed by atoms with E-state index in [0.29, 0.717) is 31.5 Å². The molecule has 2 amide bonds. The Bertz CT molecular complexity index is 565. The molecule has 0 unspecified atom stereocenters. The molecule has 0 spiro atoms. The van der Waals surface area contributed by atoms with Crippen LogP contribution < -0.4 is 16.4 Å². The number of piperidine rings is 1. The number of carbonyl (C=O) groups is 2. The molecule has 6 heteroatoms. The molecular weight excluding hydrogens is 268 g/mol. The summed E-state index contributed by atoms with van der Waals surface area (Å²) in [7, 11) is 0. The molecule has 0 atom stereocenters. The minimum atomic E-state index is -0.258. The number of nitrogens with one attached hydrogen (secondary N) is 2. The third-order valence-corrected chi connectivity index (χ3v) is 4.21. The van der Waals surface area contributed by atoms with Gasteiger partial charge in [-0.05, 0) is 31.0 Å². The summed E-state index contributed by atoms with van der Waals surface area (Å²) in [6, 6.07) is 5.68. The molecule has 1 aromatic rings. The first-order valence-electron chi connectivity index (χ1n) is 7.35. The lowest BCUT2D eigenvalue weighted by atomic mass is 9.96. The minimum absolute atomic E-state index is 0.0214. The van der Waals surface area contributed by atoms with E-state index >= 15 is 0 Å². The van der Waals surface area contributed by atoms with Crippen molar-refractivity contribution in [2.24, 2.45) is 11.7 Å². The van der Waals surface area contributed by atoms with Crippen LogP contribution in [0.1, 0.15) is 23.2 Å². The van der Waals surface area contributed by atoms with Crippen LogP contribution in [-0.2, 0) is 4.79 Å². The van der Waals surface area contributed by atoms with Gasteiger partial charge in [0, 0.05) is 37.7 Å². The molecule has 0 radical (unpaired) electrons. The maximum Gasteiger partial charge on any atom is 0.253 e. The van der Waals surface area contributed by atoms with Crippen LogP contribution in [0.2, 0.25) is 0 Å². The fourth-order valence-corrected chi connectivity index (χ4v) is 2.92. The molecule has 1 fully saturated rings. The highest BCUT2D eigenvalue weighted by Gasteiger charge is 2.26. The second kappa shape index (κ2) is 5.63. The number of nitrogens with two attached hydrogens (primary N) is 1. The molecule has 3 rings (SSSR count). The summed E-state index contributed by atoms with van der Waals surface area (Å²) in [5.41, 5.74) is 8.01. The number of hydrogen-bond acceptors (Lipinski definition) is 4. The van der Waals surface area contributed by atoms with Crippen molar-refractivity contribution in [1.82, 2.24) is 4.90 Å². The lowest BCUT2D eigenvalue weighted by molar-refractivity contribution is -0.123. The number of benzene rings is 1. The Labute approximate surface area is 123 Å². The van der Waals surface area contributed by atoms with Gasteiger partial charge in [-0.2, -0.15) is 0 Å². The molecule has 112 valence electrons. The van der Waals surface area contributed by atoms with E-state index in [1.54, 1.807) is 4.90 Å². The van der Waals surface area contributed by atoms with Crippen molar-refractivity contribution in [2.75, 3.05) is 36.8 Å². The van der Waals surface area contributed by atoms with E-state index in [-0.39, 0.29) is 17.7 Å². The quantitative estimate of drug-likeness (QED) is 0.753. The number of fused-ring (bicyclic) bond motifs is 1. The first-order chi connectivity index (χ1) is 10.1. The van der Waals surface area contributed by atoms with Crippen LogP contribution in [0.4, 0.5) is 11.4 Å². The van der Waals surface area contributed by atoms with Crippen LogP contribution in [-0.4, -0.2) is 42.9 Å². The Hall–Kier alpha value is -2.24. The largest absolute Gasteiger partial charge is 0.382 e. The maximum atomic E-state index is 12.5. The summed E-state index contributed by atoms with van der Waals surface area (Å²) >= 11 is 0. The van der Waals surface area contributed by atoms with Crippen molar-refractivity contribution in [3.8, 4) is 0 Å². The van der Waals surface area contributed by atoms with Crippen molar-refractivity contribution in [1.29, 1.82) is 0 Å². The van der Waals surface area contributed by atoms with E-state index in [9.17, 15) is 9.59 Å². The number of primary amides is 1. The van der Waals surface area contributed by atoms with E-state index in [2.05, 4.69) is 10.6 Å². The number of carbonyl (C=O) groups excluding carboxylic acids is 2. The molecule has 1 aromatic carbocycles. The Kier molecular flexibility index (Phi) is 3.68. The Morgan fingerprint density at radius 2 is 1.76 bits per heavy atom. The molecule has 2 aliphatic heterocycles. The van der Waals surface area contributed by atoms with Gasteiger partial charge < -0.3 is 21.3 Å². The van der Waals surface area contributed by atoms with Gasteiger partial charge >= 0.3 is 0 Å². The van der Waals surface area contributed by atoms with Gasteiger partial charge in [0.25, 0.3) is 5.91 Å². The van der Waals surface area contributed by atoms with E-state index < -0.39 is 0 Å². The smallest absolute Gasteiger partial charge is 0.253 e. The predicted molar refractivity (Wildman–Crippen MR) is 81.2 cm³/mol. The number of nitrogens with zero attached hydrogens (tertiary/aromatic N) is 1. The molecule has 2 aliphatic rings. The summed E-state index contributed by atoms with van der Waals surface area (Å²) in [5, 5.41) is 6.58. The third-order valence-electron chi connectivity index (χ3n) is 4.21. The van der Waals surface area contributed by atoms with Crippen molar-refractivity contribution < 1.29 is 9.59 Å². The van der Waals surface area contributed by atoms with Crippen molar-refractivity contribution in [3.05, 3.63) is 23.8 Å². The summed E-state index contributed by atoms with van der Waals surface area (Å²) in [4.78, 5) is 25.5. The zero-order chi connectivity index (χ0) is 14.8. The van der Waals surface area contributed by atoms with Gasteiger partial charge in [-0.15, -0.1) is 0 Å². The summed E-state index contributed by atoms with van der Waals surface area (Å²) < 4.78 is 0. The SMILES string of the molecule is NC(=O)C1CCN(C(=O)c2ccc3c(c2)NCCN3)CC1. The molecule has 6 nitrogen and oxygen atoms in total. The third kappa shape index (κ3) is 2.79. The van der Waals surface area contributed by atoms with Gasteiger partial charge in [0.2, 0.25) is 5.91 Å². The van der Waals surface area contributed by atoms with Gasteiger partial charge in [-0.3, -0.25) is 9.59 Å². The molecule has 0 saturated carbocycles. The van der Waals surface area contributed by atoms with Gasteiger partial charge in [-0.1, -0.05) is 0 Å². The Morgan fingerprint density at radius 3 is 2.43 bits per heavy atom. The maximum absolute atomic E-state index is 12.5. The summed E-state index contributed by atoms with van der Waals surface area (Å²) in [6.45, 7) is 2.93. The van der Waals surface area contributed by atoms with Gasteiger partial charge in [0.05, 0.1) is 11.4 Å². The Morgan fingerprint density at radius 1 is 1.10 bits per heavy atom. The second-order valence-electron chi connectivity index (χ2n) is 5.58. The highest BCUT2D eigenvalue weighted by atomic mass is 16.2. The number of rotatable bonds is 2. The molecule has 1 saturated heterocycles. The standard InChI is InChI=1S/C15H20N4O2/c16-14(20)10-3-7-19(8-4-10)15(21)11-1-2-12-13(9-11)18-6-5-17-12/h1-2,9-10,17-18H,3-8H2,(H2,16,20). The highest BCUT2D eigenvalue weighted by Crippen LogP contribution is 2.27. The zero-order valence-corrected chi connectivity index (χ0v) is 11.9. The fraction of sp³-hybridized carbons (Fsp3) is 0.467. The number of hydrogen-bond donors (Lipinski definition) is 3. The minimum Gasteiger partial charge on any atom is -0.382 e. The van der Waals surface area contributed by atoms with Crippen LogP contribution in [0.15, 0.2) is 18.2 Å². The lowest BCUT2D eigenvalue weighted by Gasteiger charge is -2.31. The topological polar surface area (TPSA) is 87.5 Å². The second-order valence-corrected chi connectivity index (χ2v) is 5.58. The molecule has 0 bridgehead atoms. The monoisotopic (exact) mass is 288 g/mol. The molecule has 4 N–H and O–H groups in total. The molecule has 0 aromatic heterocycles. The average molecular weight is 288 g/mol. The fourth-order valence-electron chi connectivity index (χ4n) is 2.92. The van der Waals surface area contributed by atoms with Gasteiger partial charge in [0.15, 0.2) is 0 Å². The van der Waals surface area contributed by atoms with E-state index in [1.807, 2.05) is 18.2 Å².